The normalized spacial score (nSPS) is 43.0. The van der Waals surface area contributed by atoms with E-state index in [-0.39, 0.29) is 29.2 Å². The van der Waals surface area contributed by atoms with Gasteiger partial charge >= 0.3 is 0 Å². The van der Waals surface area contributed by atoms with Crippen LogP contribution in [0.2, 0.25) is 0 Å². The van der Waals surface area contributed by atoms with Crippen molar-refractivity contribution in [3.05, 3.63) is 47.5 Å². The molecule has 5 aliphatic heterocycles. The lowest BCUT2D eigenvalue weighted by Gasteiger charge is -2.48. The maximum absolute atomic E-state index is 13.5. The summed E-state index contributed by atoms with van der Waals surface area (Å²) in [6, 6.07) is 8.12. The van der Waals surface area contributed by atoms with Gasteiger partial charge in [-0.05, 0) is 36.8 Å². The van der Waals surface area contributed by atoms with E-state index in [4.69, 9.17) is 42.6 Å². The molecule has 23 nitrogen and oxygen atoms in total. The molecule has 5 aliphatic rings. The molecular formula is C38H50O23. The van der Waals surface area contributed by atoms with E-state index in [0.29, 0.717) is 5.56 Å². The Bertz CT molecular complexity index is 1800. The van der Waals surface area contributed by atoms with E-state index in [1.54, 1.807) is 0 Å². The summed E-state index contributed by atoms with van der Waals surface area (Å²) in [5, 5.41) is 137. The van der Waals surface area contributed by atoms with Crippen LogP contribution in [0.4, 0.5) is 0 Å². The molecule has 61 heavy (non-hydrogen) atoms. The lowest BCUT2D eigenvalue weighted by Crippen LogP contribution is -2.66. The van der Waals surface area contributed by atoms with Crippen LogP contribution in [-0.4, -0.2) is 209 Å². The first kappa shape index (κ1) is 45.6. The zero-order valence-electron chi connectivity index (χ0n) is 32.2. The third-order valence-electron chi connectivity index (χ3n) is 11.3. The van der Waals surface area contributed by atoms with Gasteiger partial charge in [-0.3, -0.25) is 4.79 Å². The predicted molar refractivity (Wildman–Crippen MR) is 193 cm³/mol. The van der Waals surface area contributed by atoms with Crippen molar-refractivity contribution in [2.45, 2.75) is 136 Å². The van der Waals surface area contributed by atoms with E-state index in [9.17, 15) is 71.2 Å². The highest BCUT2D eigenvalue weighted by atomic mass is 16.8. The van der Waals surface area contributed by atoms with Gasteiger partial charge in [-0.25, -0.2) is 0 Å². The molecule has 0 spiro atoms. The van der Waals surface area contributed by atoms with Crippen molar-refractivity contribution in [3.8, 4) is 23.0 Å². The quantitative estimate of drug-likeness (QED) is 0.101. The molecule has 0 aliphatic carbocycles. The number of phenols is 2. The zero-order chi connectivity index (χ0) is 44.0. The zero-order valence-corrected chi connectivity index (χ0v) is 32.2. The lowest BCUT2D eigenvalue weighted by atomic mass is 9.95. The summed E-state index contributed by atoms with van der Waals surface area (Å²) in [4.78, 5) is 13.5. The van der Waals surface area contributed by atoms with E-state index in [0.717, 1.165) is 6.07 Å². The minimum Gasteiger partial charge on any atom is -0.508 e. The fourth-order valence-electron chi connectivity index (χ4n) is 7.63. The maximum atomic E-state index is 13.5. The highest BCUT2D eigenvalue weighted by molar-refractivity contribution is 6.03. The molecule has 0 aromatic heterocycles. The monoisotopic (exact) mass is 874 g/mol. The fraction of sp³-hybridized carbons (Fsp3) is 0.658. The van der Waals surface area contributed by atoms with Crippen molar-refractivity contribution >= 4 is 5.78 Å². The largest absolute Gasteiger partial charge is 0.508 e. The van der Waals surface area contributed by atoms with Gasteiger partial charge in [0.05, 0.1) is 32.3 Å². The number of ketones is 1. The lowest BCUT2D eigenvalue weighted by molar-refractivity contribution is -0.388. The Labute approximate surface area is 345 Å². The second kappa shape index (κ2) is 18.7. The summed E-state index contributed by atoms with van der Waals surface area (Å²) in [6.07, 6.45) is -34.3. The molecule has 0 radical (unpaired) electrons. The van der Waals surface area contributed by atoms with Crippen molar-refractivity contribution < 1.29 is 114 Å². The molecule has 4 fully saturated rings. The summed E-state index contributed by atoms with van der Waals surface area (Å²) in [6.45, 7) is -0.575. The van der Waals surface area contributed by atoms with Crippen molar-refractivity contribution in [2.24, 2.45) is 0 Å². The first-order valence-corrected chi connectivity index (χ1v) is 19.4. The number of hydrogen-bond donors (Lipinski definition) is 13. The Hall–Kier alpha value is -3.41. The number of hydrogen-bond acceptors (Lipinski definition) is 23. The molecule has 5 heterocycles. The molecule has 0 saturated carbocycles. The number of aromatic hydroxyl groups is 2. The third-order valence-corrected chi connectivity index (χ3v) is 11.3. The Kier molecular flexibility index (Phi) is 14.0. The van der Waals surface area contributed by atoms with Gasteiger partial charge in [0.2, 0.25) is 6.29 Å². The molecular weight excluding hydrogens is 824 g/mol. The fourth-order valence-corrected chi connectivity index (χ4v) is 7.63. The minimum atomic E-state index is -2.03. The minimum absolute atomic E-state index is 0.0507. The van der Waals surface area contributed by atoms with E-state index in [2.05, 4.69) is 0 Å². The Morgan fingerprint density at radius 2 is 1.28 bits per heavy atom. The Balaban J connectivity index is 1.20. The van der Waals surface area contributed by atoms with Crippen LogP contribution >= 0.6 is 0 Å². The van der Waals surface area contributed by atoms with Gasteiger partial charge in [-0.2, -0.15) is 0 Å². The van der Waals surface area contributed by atoms with Crippen LogP contribution < -0.4 is 9.47 Å². The first-order chi connectivity index (χ1) is 29.0. The number of carbonyl (C=O) groups excluding carboxylic acids is 1. The number of Topliss-reactive ketones (excluding diaryl/α,β-unsaturated/α-hetero) is 1. The van der Waals surface area contributed by atoms with Gasteiger partial charge in [0.15, 0.2) is 42.3 Å². The standard InChI is InChI=1S/C38H50O23/c1-12-23(44)28(49)33(60-36-31(52)27(48)25(46)20(9-39)58-36)37(55-12)61-34-29(50)26(47)21(11-54-35-30(51)24(45)17(43)10-53-35)59-38(34)57-18-7-6-15(41)22-16(42)8-19(56-32(18)22)13-2-4-14(40)5-3-13/h2-7,12,17,19-21,23-31,33-41,43-52H,8-11H2,1H3/t12-,17+,19-,20+,21+,23-,24-,25+,26+,27-,28+,29-,30+,31+,33+,34+,35-,36-,37-,38+/m0/s1. The highest BCUT2D eigenvalue weighted by Crippen LogP contribution is 2.46. The smallest absolute Gasteiger partial charge is 0.229 e. The van der Waals surface area contributed by atoms with Gasteiger partial charge in [-0.15, -0.1) is 0 Å². The number of ether oxygens (including phenoxy) is 9. The number of phenolic OH excluding ortho intramolecular Hbond substituents is 2. The van der Waals surface area contributed by atoms with Crippen molar-refractivity contribution in [2.75, 3.05) is 19.8 Å². The molecule has 7 rings (SSSR count). The summed E-state index contributed by atoms with van der Waals surface area (Å²) in [5.41, 5.74) is 0.191. The number of fused-ring (bicyclic) bond motifs is 1. The SMILES string of the molecule is C[C@@H]1O[C@@H](O[C@H]2[C@H](Oc3ccc(O)c4c3O[C@H](c3ccc(O)cc3)CC4=O)O[C@H](CO[C@@H]3OC[C@@H](O)[C@H](O)[C@H]3O)[C@@H](O)[C@@H]2O)[C@H](O[C@@H]2O[C@H](CO)[C@@H](O)[C@H](O)[C@H]2O)[C@H](O)[C@H]1O. The average molecular weight is 875 g/mol. The van der Waals surface area contributed by atoms with Gasteiger partial charge in [0.25, 0.3) is 0 Å². The molecule has 4 saturated heterocycles. The molecule has 0 amide bonds. The van der Waals surface area contributed by atoms with E-state index in [1.165, 1.54) is 37.3 Å². The third kappa shape index (κ3) is 9.17. The second-order valence-electron chi connectivity index (χ2n) is 15.4. The predicted octanol–water partition coefficient (Wildman–Crippen LogP) is -4.88. The van der Waals surface area contributed by atoms with Gasteiger partial charge in [0, 0.05) is 0 Å². The molecule has 2 aromatic rings. The summed E-state index contributed by atoms with van der Waals surface area (Å²) >= 11 is 0. The Morgan fingerprint density at radius 1 is 0.656 bits per heavy atom. The van der Waals surface area contributed by atoms with Crippen molar-refractivity contribution in [1.82, 2.24) is 0 Å². The number of benzene rings is 2. The van der Waals surface area contributed by atoms with Crippen LogP contribution in [0, 0.1) is 0 Å². The van der Waals surface area contributed by atoms with Crippen molar-refractivity contribution in [3.63, 3.8) is 0 Å². The summed E-state index contributed by atoms with van der Waals surface area (Å²) in [5.74, 6) is -1.63. The average Bonchev–Trinajstić information content (AvgIpc) is 3.24. The van der Waals surface area contributed by atoms with Crippen LogP contribution in [0.15, 0.2) is 36.4 Å². The number of carbonyl (C=O) groups is 1. The molecule has 2 aromatic carbocycles. The Morgan fingerprint density at radius 3 is 1.98 bits per heavy atom. The van der Waals surface area contributed by atoms with Crippen LogP contribution in [0.25, 0.3) is 0 Å². The van der Waals surface area contributed by atoms with Crippen LogP contribution in [0.3, 0.4) is 0 Å². The molecule has 20 atom stereocenters. The molecule has 23 heteroatoms. The van der Waals surface area contributed by atoms with E-state index >= 15 is 0 Å². The maximum Gasteiger partial charge on any atom is 0.229 e. The van der Waals surface area contributed by atoms with Gasteiger partial charge in [0.1, 0.15) is 103 Å². The summed E-state index contributed by atoms with van der Waals surface area (Å²) < 4.78 is 52.5. The molecule has 13 N–H and O–H groups in total. The van der Waals surface area contributed by atoms with Gasteiger partial charge in [-0.1, -0.05) is 12.1 Å². The highest BCUT2D eigenvalue weighted by Gasteiger charge is 2.54. The topological polar surface area (TPSA) is 363 Å². The molecule has 340 valence electrons. The van der Waals surface area contributed by atoms with Crippen molar-refractivity contribution in [1.29, 1.82) is 0 Å². The van der Waals surface area contributed by atoms with Crippen LogP contribution in [-0.2, 0) is 33.2 Å². The number of aliphatic hydroxyl groups is 11. The second-order valence-corrected chi connectivity index (χ2v) is 15.4. The number of rotatable bonds is 11. The molecule has 0 unspecified atom stereocenters. The first-order valence-electron chi connectivity index (χ1n) is 19.4. The van der Waals surface area contributed by atoms with E-state index in [1.807, 2.05) is 0 Å². The van der Waals surface area contributed by atoms with Gasteiger partial charge < -0.3 is 109 Å². The summed E-state index contributed by atoms with van der Waals surface area (Å²) in [7, 11) is 0. The van der Waals surface area contributed by atoms with E-state index < -0.39 is 154 Å². The number of aliphatic hydroxyl groups excluding tert-OH is 11. The van der Waals surface area contributed by atoms with Crippen LogP contribution in [0.5, 0.6) is 23.0 Å². The van der Waals surface area contributed by atoms with Crippen LogP contribution in [0.1, 0.15) is 35.4 Å². The molecule has 0 bridgehead atoms.